The van der Waals surface area contributed by atoms with Crippen LogP contribution in [0.5, 0.6) is 0 Å². The lowest BCUT2D eigenvalue weighted by molar-refractivity contribution is -0.137. The van der Waals surface area contributed by atoms with Crippen LogP contribution < -0.4 is 5.56 Å². The van der Waals surface area contributed by atoms with Crippen LogP contribution in [-0.4, -0.2) is 21.3 Å². The first-order chi connectivity index (χ1) is 11.9. The van der Waals surface area contributed by atoms with Crippen LogP contribution in [0, 0.1) is 0 Å². The molecule has 128 valence electrons. The van der Waals surface area contributed by atoms with E-state index in [4.69, 9.17) is 5.11 Å². The number of rotatable bonds is 3. The molecule has 25 heavy (non-hydrogen) atoms. The second kappa shape index (κ2) is 6.52. The van der Waals surface area contributed by atoms with Gasteiger partial charge in [0.1, 0.15) is 5.65 Å². The number of aliphatic hydroxyl groups is 1. The van der Waals surface area contributed by atoms with Gasteiger partial charge >= 0.3 is 6.18 Å². The predicted molar refractivity (Wildman–Crippen MR) is 88.5 cm³/mol. The quantitative estimate of drug-likeness (QED) is 0.791. The van der Waals surface area contributed by atoms with Gasteiger partial charge < -0.3 is 5.11 Å². The minimum absolute atomic E-state index is 0.0720. The van der Waals surface area contributed by atoms with Crippen LogP contribution in [0.4, 0.5) is 13.2 Å². The molecule has 2 aromatic heterocycles. The third-order valence-corrected chi connectivity index (χ3v) is 3.62. The minimum Gasteiger partial charge on any atom is -0.392 e. The molecule has 4 nitrogen and oxygen atoms in total. The van der Waals surface area contributed by atoms with Crippen LogP contribution in [0.25, 0.3) is 22.8 Å². The lowest BCUT2D eigenvalue weighted by Gasteiger charge is -2.13. The summed E-state index contributed by atoms with van der Waals surface area (Å²) in [7, 11) is 0. The summed E-state index contributed by atoms with van der Waals surface area (Å²) < 4.78 is 40.1. The predicted octanol–water partition coefficient (Wildman–Crippen LogP) is 3.41. The van der Waals surface area contributed by atoms with Crippen LogP contribution >= 0.6 is 0 Å². The molecule has 0 bridgehead atoms. The SMILES string of the molecule is O=c1c(C=CCO)cc2cccnc2n1-c1cccc(C(F)(F)F)c1. The van der Waals surface area contributed by atoms with E-state index in [0.29, 0.717) is 5.39 Å². The van der Waals surface area contributed by atoms with Gasteiger partial charge in [-0.15, -0.1) is 0 Å². The van der Waals surface area contributed by atoms with Gasteiger partial charge in [0.05, 0.1) is 17.9 Å². The van der Waals surface area contributed by atoms with E-state index in [-0.39, 0.29) is 23.5 Å². The minimum atomic E-state index is -4.52. The first-order valence-electron chi connectivity index (χ1n) is 7.37. The molecule has 0 fully saturated rings. The Labute approximate surface area is 140 Å². The van der Waals surface area contributed by atoms with Crippen molar-refractivity contribution in [3.63, 3.8) is 0 Å². The number of hydrogen-bond donors (Lipinski definition) is 1. The smallest absolute Gasteiger partial charge is 0.392 e. The summed E-state index contributed by atoms with van der Waals surface area (Å²) in [6, 6.07) is 9.49. The number of aromatic nitrogens is 2. The Balaban J connectivity index is 2.33. The fraction of sp³-hybridized carbons (Fsp3) is 0.111. The molecule has 7 heteroatoms. The monoisotopic (exact) mass is 346 g/mol. The summed E-state index contributed by atoms with van der Waals surface area (Å²) in [5, 5.41) is 9.51. The molecule has 0 saturated heterocycles. The maximum atomic E-state index is 13.0. The molecular formula is C18H13F3N2O2. The highest BCUT2D eigenvalue weighted by atomic mass is 19.4. The molecule has 0 amide bonds. The first kappa shape index (κ1) is 16.9. The number of pyridine rings is 2. The number of nitrogens with zero attached hydrogens (tertiary/aromatic N) is 2. The lowest BCUT2D eigenvalue weighted by atomic mass is 10.1. The molecule has 2 heterocycles. The van der Waals surface area contributed by atoms with Crippen molar-refractivity contribution in [2.75, 3.05) is 6.61 Å². The molecule has 0 aliphatic carbocycles. The molecule has 0 unspecified atom stereocenters. The average Bonchev–Trinajstić information content (AvgIpc) is 2.59. The third-order valence-electron chi connectivity index (χ3n) is 3.62. The van der Waals surface area contributed by atoms with Crippen molar-refractivity contribution in [1.29, 1.82) is 0 Å². The summed E-state index contributed by atoms with van der Waals surface area (Å²) in [6.07, 6.45) is -0.235. The molecule has 0 aliphatic heterocycles. The molecule has 0 spiro atoms. The highest BCUT2D eigenvalue weighted by Gasteiger charge is 2.30. The number of alkyl halides is 3. The van der Waals surface area contributed by atoms with E-state index in [1.807, 2.05) is 0 Å². The first-order valence-corrected chi connectivity index (χ1v) is 7.37. The van der Waals surface area contributed by atoms with Gasteiger partial charge in [0.15, 0.2) is 0 Å². The largest absolute Gasteiger partial charge is 0.416 e. The highest BCUT2D eigenvalue weighted by molar-refractivity contribution is 5.79. The van der Waals surface area contributed by atoms with E-state index in [1.165, 1.54) is 30.5 Å². The molecule has 0 saturated carbocycles. The van der Waals surface area contributed by atoms with E-state index in [1.54, 1.807) is 18.2 Å². The van der Waals surface area contributed by atoms with Crippen LogP contribution in [0.2, 0.25) is 0 Å². The van der Waals surface area contributed by atoms with Gasteiger partial charge in [-0.1, -0.05) is 18.2 Å². The van der Waals surface area contributed by atoms with Gasteiger partial charge in [-0.25, -0.2) is 4.98 Å². The lowest BCUT2D eigenvalue weighted by Crippen LogP contribution is -2.22. The molecule has 0 atom stereocenters. The van der Waals surface area contributed by atoms with Crippen molar-refractivity contribution in [3.05, 3.63) is 76.2 Å². The van der Waals surface area contributed by atoms with Crippen molar-refractivity contribution in [1.82, 2.24) is 9.55 Å². The summed E-state index contributed by atoms with van der Waals surface area (Å²) >= 11 is 0. The van der Waals surface area contributed by atoms with Crippen LogP contribution in [0.15, 0.2) is 59.5 Å². The molecule has 0 aliphatic rings. The maximum Gasteiger partial charge on any atom is 0.416 e. The average molecular weight is 346 g/mol. The Morgan fingerprint density at radius 3 is 2.68 bits per heavy atom. The van der Waals surface area contributed by atoms with Crippen molar-refractivity contribution < 1.29 is 18.3 Å². The van der Waals surface area contributed by atoms with Gasteiger partial charge in [-0.3, -0.25) is 9.36 Å². The van der Waals surface area contributed by atoms with E-state index in [2.05, 4.69) is 4.98 Å². The zero-order chi connectivity index (χ0) is 18.0. The Morgan fingerprint density at radius 2 is 1.96 bits per heavy atom. The van der Waals surface area contributed by atoms with Gasteiger partial charge in [0, 0.05) is 17.1 Å². The van der Waals surface area contributed by atoms with Gasteiger partial charge in [-0.05, 0) is 36.4 Å². The summed E-state index contributed by atoms with van der Waals surface area (Å²) in [4.78, 5) is 16.9. The summed E-state index contributed by atoms with van der Waals surface area (Å²) in [6.45, 7) is -0.256. The topological polar surface area (TPSA) is 55.1 Å². The van der Waals surface area contributed by atoms with Crippen LogP contribution in [0.1, 0.15) is 11.1 Å². The molecule has 1 aromatic carbocycles. The van der Waals surface area contributed by atoms with Crippen molar-refractivity contribution >= 4 is 17.1 Å². The number of benzene rings is 1. The van der Waals surface area contributed by atoms with Crippen molar-refractivity contribution in [3.8, 4) is 5.69 Å². The fourth-order valence-corrected chi connectivity index (χ4v) is 2.52. The molecule has 3 rings (SSSR count). The summed E-state index contributed by atoms with van der Waals surface area (Å²) in [5.74, 6) is 0. The van der Waals surface area contributed by atoms with Crippen LogP contribution in [0.3, 0.4) is 0 Å². The Morgan fingerprint density at radius 1 is 1.16 bits per heavy atom. The molecule has 1 N–H and O–H groups in total. The van der Waals surface area contributed by atoms with Crippen molar-refractivity contribution in [2.24, 2.45) is 0 Å². The van der Waals surface area contributed by atoms with Crippen LogP contribution in [-0.2, 0) is 6.18 Å². The van der Waals surface area contributed by atoms with E-state index >= 15 is 0 Å². The van der Waals surface area contributed by atoms with Gasteiger partial charge in [-0.2, -0.15) is 13.2 Å². The summed E-state index contributed by atoms with van der Waals surface area (Å²) in [5.41, 5.74) is -0.796. The normalized spacial score (nSPS) is 12.2. The van der Waals surface area contributed by atoms with E-state index in [9.17, 15) is 18.0 Å². The zero-order valence-corrected chi connectivity index (χ0v) is 12.9. The second-order valence-corrected chi connectivity index (χ2v) is 5.29. The zero-order valence-electron chi connectivity index (χ0n) is 12.9. The molecule has 3 aromatic rings. The second-order valence-electron chi connectivity index (χ2n) is 5.29. The standard InChI is InChI=1S/C18H13F3N2O2/c19-18(20,21)14-6-1-7-15(11-14)23-16-12(4-2-8-22-16)10-13(17(23)25)5-3-9-24/h1-8,10-11,24H,9H2. The fourth-order valence-electron chi connectivity index (χ4n) is 2.52. The number of hydrogen-bond acceptors (Lipinski definition) is 3. The van der Waals surface area contributed by atoms with E-state index < -0.39 is 17.3 Å². The molecular weight excluding hydrogens is 333 g/mol. The maximum absolute atomic E-state index is 13.0. The van der Waals surface area contributed by atoms with Gasteiger partial charge in [0.25, 0.3) is 5.56 Å². The Bertz CT molecular complexity index is 1010. The Kier molecular flexibility index (Phi) is 4.41. The third kappa shape index (κ3) is 3.32. The highest BCUT2D eigenvalue weighted by Crippen LogP contribution is 2.30. The number of halogens is 3. The van der Waals surface area contributed by atoms with E-state index in [0.717, 1.165) is 16.7 Å². The van der Waals surface area contributed by atoms with Gasteiger partial charge in [0.2, 0.25) is 0 Å². The van der Waals surface area contributed by atoms with Crippen molar-refractivity contribution in [2.45, 2.75) is 6.18 Å². The molecule has 0 radical (unpaired) electrons. The number of fused-ring (bicyclic) bond motifs is 1. The number of aliphatic hydroxyl groups excluding tert-OH is 1. The Hall–Kier alpha value is -2.93.